The summed E-state index contributed by atoms with van der Waals surface area (Å²) < 4.78 is 18.2. The number of ether oxygens (including phenoxy) is 1. The number of carbonyl (C=O) groups is 1. The summed E-state index contributed by atoms with van der Waals surface area (Å²) in [4.78, 5) is 11.3. The van der Waals surface area contributed by atoms with Gasteiger partial charge in [0.1, 0.15) is 5.82 Å². The molecule has 20 heavy (non-hydrogen) atoms. The molecule has 0 amide bonds. The molecule has 5 heteroatoms. The topological polar surface area (TPSA) is 58.6 Å². The summed E-state index contributed by atoms with van der Waals surface area (Å²) in [7, 11) is 1.22. The van der Waals surface area contributed by atoms with Gasteiger partial charge in [-0.1, -0.05) is 19.9 Å². The van der Waals surface area contributed by atoms with Crippen molar-refractivity contribution in [2.75, 3.05) is 13.7 Å². The smallest absolute Gasteiger partial charge is 0.340 e. The lowest BCUT2D eigenvalue weighted by atomic mass is 10.0. The SMILES string of the molecule is COC(=O)c1ccc(CNC(CCO)C(C)C)cc1F. The summed E-state index contributed by atoms with van der Waals surface area (Å²) in [6.07, 6.45) is 0.653. The van der Waals surface area contributed by atoms with E-state index in [2.05, 4.69) is 23.9 Å². The van der Waals surface area contributed by atoms with Crippen molar-refractivity contribution in [3.8, 4) is 0 Å². The largest absolute Gasteiger partial charge is 0.465 e. The van der Waals surface area contributed by atoms with Gasteiger partial charge in [-0.25, -0.2) is 9.18 Å². The monoisotopic (exact) mass is 283 g/mol. The Kier molecular flexibility index (Phi) is 6.61. The van der Waals surface area contributed by atoms with Gasteiger partial charge in [-0.2, -0.15) is 0 Å². The lowest BCUT2D eigenvalue weighted by Gasteiger charge is -2.21. The molecule has 0 aliphatic carbocycles. The van der Waals surface area contributed by atoms with Gasteiger partial charge in [-0.3, -0.25) is 0 Å². The number of carbonyl (C=O) groups excluding carboxylic acids is 1. The Morgan fingerprint density at radius 2 is 2.15 bits per heavy atom. The predicted octanol–water partition coefficient (Wildman–Crippen LogP) is 2.11. The van der Waals surface area contributed by atoms with Crippen LogP contribution < -0.4 is 5.32 Å². The van der Waals surface area contributed by atoms with Gasteiger partial charge in [0.2, 0.25) is 0 Å². The van der Waals surface area contributed by atoms with Gasteiger partial charge < -0.3 is 15.2 Å². The van der Waals surface area contributed by atoms with Crippen LogP contribution in [0.25, 0.3) is 0 Å². The van der Waals surface area contributed by atoms with Gasteiger partial charge in [0.05, 0.1) is 12.7 Å². The molecule has 0 spiro atoms. The molecule has 0 aliphatic rings. The zero-order chi connectivity index (χ0) is 15.1. The van der Waals surface area contributed by atoms with Crippen LogP contribution in [0.1, 0.15) is 36.2 Å². The fourth-order valence-corrected chi connectivity index (χ4v) is 2.00. The molecule has 0 aromatic heterocycles. The van der Waals surface area contributed by atoms with Gasteiger partial charge in [0.15, 0.2) is 0 Å². The van der Waals surface area contributed by atoms with E-state index in [0.29, 0.717) is 18.9 Å². The van der Waals surface area contributed by atoms with E-state index in [1.807, 2.05) is 0 Å². The summed E-state index contributed by atoms with van der Waals surface area (Å²) in [6, 6.07) is 4.62. The fraction of sp³-hybridized carbons (Fsp3) is 0.533. The Balaban J connectivity index is 2.69. The van der Waals surface area contributed by atoms with E-state index in [0.717, 1.165) is 5.56 Å². The van der Waals surface area contributed by atoms with Crippen molar-refractivity contribution in [3.63, 3.8) is 0 Å². The van der Waals surface area contributed by atoms with Gasteiger partial charge in [0, 0.05) is 19.2 Å². The van der Waals surface area contributed by atoms with Crippen LogP contribution in [0, 0.1) is 11.7 Å². The van der Waals surface area contributed by atoms with E-state index in [-0.39, 0.29) is 18.2 Å². The number of aliphatic hydroxyl groups is 1. The Hall–Kier alpha value is -1.46. The van der Waals surface area contributed by atoms with E-state index in [4.69, 9.17) is 5.11 Å². The first-order chi connectivity index (χ1) is 9.49. The summed E-state index contributed by atoms with van der Waals surface area (Å²) in [5.74, 6) is -0.886. The maximum atomic E-state index is 13.7. The van der Waals surface area contributed by atoms with E-state index in [1.165, 1.54) is 19.2 Å². The van der Waals surface area contributed by atoms with E-state index in [9.17, 15) is 9.18 Å². The molecular formula is C15H22FNO3. The number of aliphatic hydroxyl groups excluding tert-OH is 1. The molecule has 4 nitrogen and oxygen atoms in total. The highest BCUT2D eigenvalue weighted by atomic mass is 19.1. The molecule has 0 fully saturated rings. The van der Waals surface area contributed by atoms with Crippen molar-refractivity contribution in [1.29, 1.82) is 0 Å². The minimum atomic E-state index is -0.678. The molecule has 0 saturated heterocycles. The van der Waals surface area contributed by atoms with Crippen molar-refractivity contribution in [2.24, 2.45) is 5.92 Å². The first-order valence-electron chi connectivity index (χ1n) is 6.70. The van der Waals surface area contributed by atoms with Crippen molar-refractivity contribution < 1.29 is 19.0 Å². The molecule has 0 saturated carbocycles. The molecule has 1 rings (SSSR count). The molecule has 1 atom stereocenters. The van der Waals surface area contributed by atoms with Crippen LogP contribution in [0.2, 0.25) is 0 Å². The second kappa shape index (κ2) is 7.97. The minimum Gasteiger partial charge on any atom is -0.465 e. The van der Waals surface area contributed by atoms with Crippen LogP contribution in [0.4, 0.5) is 4.39 Å². The van der Waals surface area contributed by atoms with Gasteiger partial charge in [-0.15, -0.1) is 0 Å². The third-order valence-corrected chi connectivity index (χ3v) is 3.25. The molecule has 112 valence electrons. The first kappa shape index (κ1) is 16.6. The lowest BCUT2D eigenvalue weighted by molar-refractivity contribution is 0.0595. The number of benzene rings is 1. The Morgan fingerprint density at radius 1 is 1.45 bits per heavy atom. The number of hydrogen-bond acceptors (Lipinski definition) is 4. The van der Waals surface area contributed by atoms with Crippen LogP contribution in [-0.2, 0) is 11.3 Å². The van der Waals surface area contributed by atoms with Crippen LogP contribution in [0.15, 0.2) is 18.2 Å². The normalized spacial score (nSPS) is 12.5. The van der Waals surface area contributed by atoms with Gasteiger partial charge in [-0.05, 0) is 30.0 Å². The summed E-state index contributed by atoms with van der Waals surface area (Å²) >= 11 is 0. The fourth-order valence-electron chi connectivity index (χ4n) is 2.00. The van der Waals surface area contributed by atoms with Crippen molar-refractivity contribution in [3.05, 3.63) is 35.1 Å². The number of esters is 1. The molecule has 0 heterocycles. The maximum absolute atomic E-state index is 13.7. The zero-order valence-electron chi connectivity index (χ0n) is 12.1. The summed E-state index contributed by atoms with van der Waals surface area (Å²) in [6.45, 7) is 4.73. The third kappa shape index (κ3) is 4.58. The van der Waals surface area contributed by atoms with Gasteiger partial charge >= 0.3 is 5.97 Å². The van der Waals surface area contributed by atoms with Crippen molar-refractivity contribution >= 4 is 5.97 Å². The van der Waals surface area contributed by atoms with Gasteiger partial charge in [0.25, 0.3) is 0 Å². The quantitative estimate of drug-likeness (QED) is 0.752. The number of nitrogens with one attached hydrogen (secondary N) is 1. The maximum Gasteiger partial charge on any atom is 0.340 e. The third-order valence-electron chi connectivity index (χ3n) is 3.25. The van der Waals surface area contributed by atoms with Crippen LogP contribution in [0.3, 0.4) is 0 Å². The molecule has 0 bridgehead atoms. The van der Waals surface area contributed by atoms with Crippen LogP contribution >= 0.6 is 0 Å². The second-order valence-electron chi connectivity index (χ2n) is 5.05. The highest BCUT2D eigenvalue weighted by Gasteiger charge is 2.14. The molecule has 1 aromatic rings. The van der Waals surface area contributed by atoms with E-state index in [1.54, 1.807) is 6.07 Å². The van der Waals surface area contributed by atoms with Crippen LogP contribution in [0.5, 0.6) is 0 Å². The Bertz CT molecular complexity index is 449. The Labute approximate surface area is 119 Å². The molecular weight excluding hydrogens is 261 g/mol. The molecule has 0 radical (unpaired) electrons. The number of rotatable bonds is 7. The highest BCUT2D eigenvalue weighted by molar-refractivity contribution is 5.89. The zero-order valence-corrected chi connectivity index (χ0v) is 12.1. The van der Waals surface area contributed by atoms with Crippen molar-refractivity contribution in [1.82, 2.24) is 5.32 Å². The van der Waals surface area contributed by atoms with Crippen LogP contribution in [-0.4, -0.2) is 30.8 Å². The number of hydrogen-bond donors (Lipinski definition) is 2. The van der Waals surface area contributed by atoms with Crippen molar-refractivity contribution in [2.45, 2.75) is 32.9 Å². The summed E-state index contributed by atoms with van der Waals surface area (Å²) in [5, 5.41) is 12.3. The lowest BCUT2D eigenvalue weighted by Crippen LogP contribution is -2.34. The average Bonchev–Trinajstić information content (AvgIpc) is 2.42. The van der Waals surface area contributed by atoms with E-state index < -0.39 is 11.8 Å². The molecule has 2 N–H and O–H groups in total. The summed E-state index contributed by atoms with van der Waals surface area (Å²) in [5.41, 5.74) is 0.686. The number of halogens is 1. The second-order valence-corrected chi connectivity index (χ2v) is 5.05. The molecule has 1 unspecified atom stereocenters. The predicted molar refractivity (Wildman–Crippen MR) is 74.9 cm³/mol. The molecule has 0 aliphatic heterocycles. The minimum absolute atomic E-state index is 0.0629. The Morgan fingerprint density at radius 3 is 2.65 bits per heavy atom. The van der Waals surface area contributed by atoms with E-state index >= 15 is 0 Å². The average molecular weight is 283 g/mol. The standard InChI is InChI=1S/C15H22FNO3/c1-10(2)14(6-7-18)17-9-11-4-5-12(13(16)8-11)15(19)20-3/h4-5,8,10,14,17-18H,6-7,9H2,1-3H3. The molecule has 1 aromatic carbocycles. The highest BCUT2D eigenvalue weighted by Crippen LogP contribution is 2.13. The number of methoxy groups -OCH3 is 1. The first-order valence-corrected chi connectivity index (χ1v) is 6.70.